The number of rotatable bonds is 6. The van der Waals surface area contributed by atoms with Gasteiger partial charge in [0.25, 0.3) is 0 Å². The maximum absolute atomic E-state index is 13.6. The molecule has 0 spiro atoms. The SMILES string of the molecule is CCCNCc1cc(F)cc(Oc2ccc(C)c(F)c2)c1. The predicted octanol–water partition coefficient (Wildman–Crippen LogP) is 4.57. The number of hydrogen-bond donors (Lipinski definition) is 1. The van der Waals surface area contributed by atoms with Crippen molar-refractivity contribution in [1.29, 1.82) is 0 Å². The largest absolute Gasteiger partial charge is 0.457 e. The second-order valence-corrected chi connectivity index (χ2v) is 4.99. The van der Waals surface area contributed by atoms with Crippen LogP contribution in [0.25, 0.3) is 0 Å². The highest BCUT2D eigenvalue weighted by atomic mass is 19.1. The van der Waals surface area contributed by atoms with E-state index >= 15 is 0 Å². The highest BCUT2D eigenvalue weighted by Gasteiger charge is 2.05. The molecule has 2 nitrogen and oxygen atoms in total. The Kier molecular flexibility index (Phi) is 5.28. The molecule has 0 aromatic heterocycles. The summed E-state index contributed by atoms with van der Waals surface area (Å²) in [4.78, 5) is 0. The van der Waals surface area contributed by atoms with Crippen molar-refractivity contribution >= 4 is 0 Å². The van der Waals surface area contributed by atoms with E-state index in [9.17, 15) is 8.78 Å². The van der Waals surface area contributed by atoms with Gasteiger partial charge in [0.2, 0.25) is 0 Å². The van der Waals surface area contributed by atoms with E-state index in [0.29, 0.717) is 23.6 Å². The molecule has 4 heteroatoms. The van der Waals surface area contributed by atoms with E-state index < -0.39 is 0 Å². The summed E-state index contributed by atoms with van der Waals surface area (Å²) < 4.78 is 32.6. The van der Waals surface area contributed by atoms with Crippen molar-refractivity contribution in [3.63, 3.8) is 0 Å². The number of nitrogens with one attached hydrogen (secondary N) is 1. The van der Waals surface area contributed by atoms with Gasteiger partial charge in [0.1, 0.15) is 23.1 Å². The molecular formula is C17H19F2NO. The summed E-state index contributed by atoms with van der Waals surface area (Å²) in [6.45, 7) is 5.19. The molecule has 0 amide bonds. The van der Waals surface area contributed by atoms with Crippen LogP contribution in [0, 0.1) is 18.6 Å². The summed E-state index contributed by atoms with van der Waals surface area (Å²) in [6.07, 6.45) is 1.02. The number of halogens is 2. The molecule has 0 radical (unpaired) electrons. The molecule has 2 aromatic carbocycles. The zero-order chi connectivity index (χ0) is 15.2. The predicted molar refractivity (Wildman–Crippen MR) is 79.6 cm³/mol. The van der Waals surface area contributed by atoms with Crippen LogP contribution in [0.5, 0.6) is 11.5 Å². The molecule has 21 heavy (non-hydrogen) atoms. The fraction of sp³-hybridized carbons (Fsp3) is 0.294. The van der Waals surface area contributed by atoms with Crippen LogP contribution in [-0.4, -0.2) is 6.54 Å². The highest BCUT2D eigenvalue weighted by Crippen LogP contribution is 2.25. The first-order valence-corrected chi connectivity index (χ1v) is 7.02. The van der Waals surface area contributed by atoms with Crippen LogP contribution in [0.4, 0.5) is 8.78 Å². The van der Waals surface area contributed by atoms with E-state index in [1.165, 1.54) is 18.2 Å². The summed E-state index contributed by atoms with van der Waals surface area (Å²) in [5.41, 5.74) is 1.34. The fourth-order valence-electron chi connectivity index (χ4n) is 1.96. The molecule has 1 N–H and O–H groups in total. The van der Waals surface area contributed by atoms with Gasteiger partial charge >= 0.3 is 0 Å². The van der Waals surface area contributed by atoms with E-state index in [-0.39, 0.29) is 11.6 Å². The number of aryl methyl sites for hydroxylation is 1. The standard InChI is InChI=1S/C17H19F2NO/c1-3-6-20-11-13-7-14(18)9-16(8-13)21-15-5-4-12(2)17(19)10-15/h4-5,7-10,20H,3,6,11H2,1-2H3. The van der Waals surface area contributed by atoms with Gasteiger partial charge in [0.15, 0.2) is 0 Å². The molecule has 0 heterocycles. The molecule has 112 valence electrons. The highest BCUT2D eigenvalue weighted by molar-refractivity contribution is 5.36. The van der Waals surface area contributed by atoms with Gasteiger partial charge < -0.3 is 10.1 Å². The first-order valence-electron chi connectivity index (χ1n) is 7.02. The zero-order valence-electron chi connectivity index (χ0n) is 12.2. The Hall–Kier alpha value is -1.94. The van der Waals surface area contributed by atoms with Crippen LogP contribution in [0.15, 0.2) is 36.4 Å². The Bertz CT molecular complexity index is 614. The summed E-state index contributed by atoms with van der Waals surface area (Å²) >= 11 is 0. The van der Waals surface area contributed by atoms with Gasteiger partial charge in [0, 0.05) is 18.7 Å². The maximum Gasteiger partial charge on any atom is 0.130 e. The summed E-state index contributed by atoms with van der Waals surface area (Å²) in [7, 11) is 0. The average Bonchev–Trinajstić information content (AvgIpc) is 2.43. The van der Waals surface area contributed by atoms with Crippen molar-refractivity contribution in [2.24, 2.45) is 0 Å². The third-order valence-electron chi connectivity index (χ3n) is 3.07. The smallest absolute Gasteiger partial charge is 0.130 e. The Morgan fingerprint density at radius 3 is 2.57 bits per heavy atom. The Morgan fingerprint density at radius 1 is 1.05 bits per heavy atom. The number of ether oxygens (including phenoxy) is 1. The van der Waals surface area contributed by atoms with Gasteiger partial charge in [-0.15, -0.1) is 0 Å². The number of benzene rings is 2. The lowest BCUT2D eigenvalue weighted by Crippen LogP contribution is -2.13. The zero-order valence-corrected chi connectivity index (χ0v) is 12.2. The van der Waals surface area contributed by atoms with Gasteiger partial charge in [-0.05, 0) is 49.2 Å². The van der Waals surface area contributed by atoms with E-state index in [2.05, 4.69) is 12.2 Å². The van der Waals surface area contributed by atoms with Crippen LogP contribution in [0.3, 0.4) is 0 Å². The molecule has 0 saturated carbocycles. The molecule has 0 saturated heterocycles. The first-order chi connectivity index (χ1) is 10.1. The van der Waals surface area contributed by atoms with Crippen LogP contribution in [0.2, 0.25) is 0 Å². The summed E-state index contributed by atoms with van der Waals surface area (Å²) in [5.74, 6) is 0.0184. The molecule has 2 rings (SSSR count). The van der Waals surface area contributed by atoms with Crippen molar-refractivity contribution in [3.05, 3.63) is 59.2 Å². The van der Waals surface area contributed by atoms with E-state index in [1.54, 1.807) is 25.1 Å². The van der Waals surface area contributed by atoms with Crippen molar-refractivity contribution in [1.82, 2.24) is 5.32 Å². The Morgan fingerprint density at radius 2 is 1.86 bits per heavy atom. The third-order valence-corrected chi connectivity index (χ3v) is 3.07. The molecule has 0 unspecified atom stereocenters. The minimum Gasteiger partial charge on any atom is -0.457 e. The minimum absolute atomic E-state index is 0.339. The van der Waals surface area contributed by atoms with Crippen LogP contribution in [-0.2, 0) is 6.54 Å². The molecule has 0 fully saturated rings. The normalized spacial score (nSPS) is 10.7. The molecule has 0 aliphatic carbocycles. The van der Waals surface area contributed by atoms with Crippen LogP contribution >= 0.6 is 0 Å². The molecule has 0 aliphatic heterocycles. The average molecular weight is 291 g/mol. The number of hydrogen-bond acceptors (Lipinski definition) is 2. The van der Waals surface area contributed by atoms with E-state index in [1.807, 2.05) is 0 Å². The van der Waals surface area contributed by atoms with Crippen molar-refractivity contribution in [2.45, 2.75) is 26.8 Å². The lowest BCUT2D eigenvalue weighted by molar-refractivity contribution is 0.469. The topological polar surface area (TPSA) is 21.3 Å². The van der Waals surface area contributed by atoms with E-state index in [4.69, 9.17) is 4.74 Å². The Labute approximate surface area is 123 Å². The van der Waals surface area contributed by atoms with E-state index in [0.717, 1.165) is 18.5 Å². The minimum atomic E-state index is -0.367. The van der Waals surface area contributed by atoms with Crippen molar-refractivity contribution < 1.29 is 13.5 Å². The quantitative estimate of drug-likeness (QED) is 0.787. The molecule has 2 aromatic rings. The van der Waals surface area contributed by atoms with Crippen LogP contribution < -0.4 is 10.1 Å². The first kappa shape index (κ1) is 15.4. The molecule has 0 aliphatic rings. The second-order valence-electron chi connectivity index (χ2n) is 4.99. The van der Waals surface area contributed by atoms with Gasteiger partial charge in [-0.2, -0.15) is 0 Å². The summed E-state index contributed by atoms with van der Waals surface area (Å²) in [5, 5.41) is 3.20. The third kappa shape index (κ3) is 4.53. The van der Waals surface area contributed by atoms with Gasteiger partial charge in [-0.25, -0.2) is 8.78 Å². The maximum atomic E-state index is 13.6. The monoisotopic (exact) mass is 291 g/mol. The van der Waals surface area contributed by atoms with Gasteiger partial charge in [-0.3, -0.25) is 0 Å². The second kappa shape index (κ2) is 7.18. The molecular weight excluding hydrogens is 272 g/mol. The van der Waals surface area contributed by atoms with Crippen LogP contribution in [0.1, 0.15) is 24.5 Å². The van der Waals surface area contributed by atoms with Gasteiger partial charge in [-0.1, -0.05) is 13.0 Å². The molecule has 0 atom stereocenters. The lowest BCUT2D eigenvalue weighted by Gasteiger charge is -2.09. The van der Waals surface area contributed by atoms with Gasteiger partial charge in [0.05, 0.1) is 0 Å². The Balaban J connectivity index is 2.13. The van der Waals surface area contributed by atoms with Crippen molar-refractivity contribution in [3.8, 4) is 11.5 Å². The lowest BCUT2D eigenvalue weighted by atomic mass is 10.2. The van der Waals surface area contributed by atoms with Crippen molar-refractivity contribution in [2.75, 3.05) is 6.54 Å². The fourth-order valence-corrected chi connectivity index (χ4v) is 1.96. The summed E-state index contributed by atoms with van der Waals surface area (Å²) in [6, 6.07) is 9.11. The molecule has 0 bridgehead atoms.